The molecule has 0 amide bonds. The van der Waals surface area contributed by atoms with Crippen LogP contribution in [-0.4, -0.2) is 0 Å². The van der Waals surface area contributed by atoms with Gasteiger partial charge >= 0.3 is 0 Å². The SMILES string of the molecule is CC(C)(C)c1cc2c3cc4ccccc4cc3cc3c4cc(C(C)(C)C)cc5c6cc7ccccc7cc6cc(c(c1)c23)c54. The fraction of sp³-hybridized carbons (Fsp3) is 0.182. The summed E-state index contributed by atoms with van der Waals surface area (Å²) in [6.45, 7) is 14.1. The molecule has 9 aromatic rings. The molecular weight excluding hydrogens is 528 g/mol. The van der Waals surface area contributed by atoms with Crippen LogP contribution in [0.3, 0.4) is 0 Å². The van der Waals surface area contributed by atoms with Crippen LogP contribution in [0.5, 0.6) is 0 Å². The summed E-state index contributed by atoms with van der Waals surface area (Å²) in [4.78, 5) is 0. The van der Waals surface area contributed by atoms with Crippen molar-refractivity contribution in [3.8, 4) is 0 Å². The van der Waals surface area contributed by atoms with Crippen LogP contribution >= 0.6 is 0 Å². The van der Waals surface area contributed by atoms with Gasteiger partial charge in [0.15, 0.2) is 0 Å². The van der Waals surface area contributed by atoms with Gasteiger partial charge in [-0.1, -0.05) is 90.1 Å². The summed E-state index contributed by atoms with van der Waals surface area (Å²) in [5.74, 6) is 0. The molecule has 0 aromatic heterocycles. The highest BCUT2D eigenvalue weighted by atomic mass is 14.3. The highest BCUT2D eigenvalue weighted by Gasteiger charge is 2.24. The van der Waals surface area contributed by atoms with Gasteiger partial charge in [0.25, 0.3) is 0 Å². The number of hydrogen-bond acceptors (Lipinski definition) is 0. The second-order valence-electron chi connectivity index (χ2n) is 15.1. The van der Waals surface area contributed by atoms with Crippen LogP contribution in [0.25, 0.3) is 86.2 Å². The number of benzene rings is 9. The van der Waals surface area contributed by atoms with E-state index < -0.39 is 0 Å². The van der Waals surface area contributed by atoms with Crippen molar-refractivity contribution in [2.45, 2.75) is 52.4 Å². The van der Waals surface area contributed by atoms with E-state index in [1.54, 1.807) is 0 Å². The van der Waals surface area contributed by atoms with Crippen LogP contribution in [0.2, 0.25) is 0 Å². The Kier molecular flexibility index (Phi) is 4.97. The van der Waals surface area contributed by atoms with E-state index in [9.17, 15) is 0 Å². The summed E-state index contributed by atoms with van der Waals surface area (Å²) in [6.07, 6.45) is 0. The lowest BCUT2D eigenvalue weighted by molar-refractivity contribution is 0.591. The Morgan fingerprint density at radius 1 is 0.295 bits per heavy atom. The van der Waals surface area contributed by atoms with Gasteiger partial charge in [0.1, 0.15) is 0 Å². The minimum absolute atomic E-state index is 0.0202. The van der Waals surface area contributed by atoms with Gasteiger partial charge in [-0.3, -0.25) is 0 Å². The highest BCUT2D eigenvalue weighted by Crippen LogP contribution is 2.48. The minimum atomic E-state index is 0.0202. The van der Waals surface area contributed by atoms with Crippen molar-refractivity contribution in [1.29, 1.82) is 0 Å². The topological polar surface area (TPSA) is 0 Å². The maximum absolute atomic E-state index is 2.50. The highest BCUT2D eigenvalue weighted by molar-refractivity contribution is 6.39. The summed E-state index contributed by atoms with van der Waals surface area (Å²) in [5.41, 5.74) is 2.81. The molecule has 0 aliphatic carbocycles. The summed E-state index contributed by atoms with van der Waals surface area (Å²) in [6, 6.07) is 42.2. The molecule has 44 heavy (non-hydrogen) atoms. The summed E-state index contributed by atoms with van der Waals surface area (Å²) >= 11 is 0. The molecule has 0 heteroatoms. The van der Waals surface area contributed by atoms with E-state index in [0.29, 0.717) is 0 Å². The zero-order chi connectivity index (χ0) is 30.1. The van der Waals surface area contributed by atoms with Crippen molar-refractivity contribution in [3.05, 3.63) is 120 Å². The van der Waals surface area contributed by atoms with E-state index in [2.05, 4.69) is 151 Å². The number of rotatable bonds is 0. The molecule has 9 aromatic carbocycles. The Hall–Kier alpha value is -4.68. The lowest BCUT2D eigenvalue weighted by atomic mass is 9.78. The Morgan fingerprint density at radius 3 is 0.909 bits per heavy atom. The Morgan fingerprint density at radius 2 is 0.568 bits per heavy atom. The van der Waals surface area contributed by atoms with Crippen molar-refractivity contribution in [2.75, 3.05) is 0 Å². The predicted octanol–water partition coefficient (Wildman–Crippen LogP) is 12.9. The van der Waals surface area contributed by atoms with Crippen LogP contribution < -0.4 is 0 Å². The van der Waals surface area contributed by atoms with Gasteiger partial charge < -0.3 is 0 Å². The molecule has 9 rings (SSSR count). The van der Waals surface area contributed by atoms with Gasteiger partial charge in [-0.25, -0.2) is 0 Å². The van der Waals surface area contributed by atoms with Crippen molar-refractivity contribution in [2.24, 2.45) is 0 Å². The van der Waals surface area contributed by atoms with Gasteiger partial charge in [0, 0.05) is 0 Å². The van der Waals surface area contributed by atoms with Crippen LogP contribution in [0, 0.1) is 0 Å². The molecule has 0 aliphatic heterocycles. The molecule has 0 atom stereocenters. The second kappa shape index (κ2) is 8.48. The Balaban J connectivity index is 1.61. The average molecular weight is 565 g/mol. The lowest BCUT2D eigenvalue weighted by Gasteiger charge is -2.25. The van der Waals surface area contributed by atoms with Crippen LogP contribution in [-0.2, 0) is 10.8 Å². The van der Waals surface area contributed by atoms with Crippen molar-refractivity contribution < 1.29 is 0 Å². The van der Waals surface area contributed by atoms with E-state index >= 15 is 0 Å². The van der Waals surface area contributed by atoms with E-state index in [1.165, 1.54) is 97.3 Å². The van der Waals surface area contributed by atoms with E-state index in [1.807, 2.05) is 0 Å². The van der Waals surface area contributed by atoms with Gasteiger partial charge in [-0.15, -0.1) is 0 Å². The van der Waals surface area contributed by atoms with E-state index in [0.717, 1.165) is 0 Å². The van der Waals surface area contributed by atoms with Gasteiger partial charge in [0.2, 0.25) is 0 Å². The van der Waals surface area contributed by atoms with Gasteiger partial charge in [0.05, 0.1) is 0 Å². The molecule has 0 saturated carbocycles. The first-order valence-corrected chi connectivity index (χ1v) is 15.9. The fourth-order valence-corrected chi connectivity index (χ4v) is 7.68. The lowest BCUT2D eigenvalue weighted by Crippen LogP contribution is -2.11. The van der Waals surface area contributed by atoms with Crippen molar-refractivity contribution in [3.63, 3.8) is 0 Å². The van der Waals surface area contributed by atoms with Crippen LogP contribution in [0.15, 0.2) is 109 Å². The van der Waals surface area contributed by atoms with Crippen molar-refractivity contribution in [1.82, 2.24) is 0 Å². The summed E-state index contributed by atoms with van der Waals surface area (Å²) in [7, 11) is 0. The molecule has 0 heterocycles. The zero-order valence-corrected chi connectivity index (χ0v) is 26.4. The van der Waals surface area contributed by atoms with Gasteiger partial charge in [-0.2, -0.15) is 0 Å². The van der Waals surface area contributed by atoms with Crippen LogP contribution in [0.4, 0.5) is 0 Å². The van der Waals surface area contributed by atoms with Crippen molar-refractivity contribution >= 4 is 86.2 Å². The third-order valence-electron chi connectivity index (χ3n) is 10.1. The maximum Gasteiger partial charge on any atom is -0.00197 e. The third-order valence-corrected chi connectivity index (χ3v) is 10.1. The maximum atomic E-state index is 2.50. The first-order chi connectivity index (χ1) is 21.0. The smallest absolute Gasteiger partial charge is 0.00197 e. The molecule has 0 aliphatic rings. The molecule has 212 valence electrons. The molecule has 0 bridgehead atoms. The standard InChI is InChI=1S/C44H36/c1-43(2,3)31-21-37-33-17-27-13-9-7-11-25(27)15-29(33)20-36-40-24-32(44(4,5)6)22-38-34-18-28-14-10-8-12-26(28)16-30(34)19-35(42(38)40)39(23-31)41(36)37/h7-24H,1-6H3. The number of hydrogen-bond donors (Lipinski definition) is 0. The molecule has 0 spiro atoms. The average Bonchev–Trinajstić information content (AvgIpc) is 3.00. The fourth-order valence-electron chi connectivity index (χ4n) is 7.68. The zero-order valence-electron chi connectivity index (χ0n) is 26.4. The Bertz CT molecular complexity index is 2470. The molecular formula is C44H36. The van der Waals surface area contributed by atoms with Gasteiger partial charge in [-0.05, 0) is 169 Å². The van der Waals surface area contributed by atoms with E-state index in [4.69, 9.17) is 0 Å². The minimum Gasteiger partial charge on any atom is -0.0616 e. The molecule has 0 fully saturated rings. The quantitative estimate of drug-likeness (QED) is 0.127. The molecule has 0 N–H and O–H groups in total. The molecule has 0 radical (unpaired) electrons. The monoisotopic (exact) mass is 564 g/mol. The molecule has 0 nitrogen and oxygen atoms in total. The predicted molar refractivity (Wildman–Crippen MR) is 195 cm³/mol. The largest absolute Gasteiger partial charge is 0.0616 e. The first kappa shape index (κ1) is 25.8. The number of fused-ring (bicyclic) bond motifs is 8. The summed E-state index contributed by atoms with van der Waals surface area (Å²) in [5, 5.41) is 21.5. The molecule has 0 saturated heterocycles. The summed E-state index contributed by atoms with van der Waals surface area (Å²) < 4.78 is 0. The normalized spacial score (nSPS) is 13.2. The first-order valence-electron chi connectivity index (χ1n) is 15.9. The second-order valence-corrected chi connectivity index (χ2v) is 15.1. The molecule has 0 unspecified atom stereocenters. The third kappa shape index (κ3) is 3.58. The van der Waals surface area contributed by atoms with Crippen LogP contribution in [0.1, 0.15) is 52.7 Å². The van der Waals surface area contributed by atoms with E-state index in [-0.39, 0.29) is 10.8 Å². The Labute approximate surface area is 258 Å².